The number of likely N-dealkylation sites (N-methyl/N-ethyl adjacent to an activating group) is 1. The number of hydrogen-bond acceptors (Lipinski definition) is 4. The zero-order valence-corrected chi connectivity index (χ0v) is 7.00. The number of hydrogen-bond donors (Lipinski definition) is 3. The summed E-state index contributed by atoms with van der Waals surface area (Å²) in [5.41, 5.74) is 5.11. The molecule has 0 saturated heterocycles. The summed E-state index contributed by atoms with van der Waals surface area (Å²) in [5, 5.41) is 11.6. The van der Waals surface area contributed by atoms with E-state index in [9.17, 15) is 4.79 Å². The molecule has 0 aromatic rings. The van der Waals surface area contributed by atoms with E-state index in [0.29, 0.717) is 12.8 Å². The first kappa shape index (κ1) is 10.6. The Morgan fingerprint density at radius 2 is 2.18 bits per heavy atom. The average molecular weight is 160 g/mol. The Morgan fingerprint density at radius 3 is 2.45 bits per heavy atom. The molecule has 1 unspecified atom stereocenters. The molecule has 0 amide bonds. The van der Waals surface area contributed by atoms with Crippen LogP contribution in [0.3, 0.4) is 0 Å². The number of carbonyl (C=O) groups is 1. The van der Waals surface area contributed by atoms with Crippen LogP contribution in [-0.2, 0) is 4.79 Å². The van der Waals surface area contributed by atoms with Gasteiger partial charge in [-0.15, -0.1) is 0 Å². The lowest BCUT2D eigenvalue weighted by molar-refractivity contribution is -0.119. The number of aliphatic hydroxyl groups excluding tert-OH is 1. The highest BCUT2D eigenvalue weighted by Crippen LogP contribution is 1.98. The van der Waals surface area contributed by atoms with Crippen molar-refractivity contribution in [2.24, 2.45) is 5.73 Å². The molecule has 0 fully saturated rings. The Hall–Kier alpha value is -0.450. The van der Waals surface area contributed by atoms with E-state index in [1.807, 2.05) is 0 Å². The van der Waals surface area contributed by atoms with Crippen molar-refractivity contribution in [1.82, 2.24) is 5.32 Å². The molecule has 0 rings (SSSR count). The third-order valence-electron chi connectivity index (χ3n) is 1.59. The molecule has 0 saturated carbocycles. The van der Waals surface area contributed by atoms with Gasteiger partial charge in [0.1, 0.15) is 12.0 Å². The highest BCUT2D eigenvalue weighted by molar-refractivity contribution is 5.81. The number of carbonyl (C=O) groups excluding carboxylic acids is 1. The predicted octanol–water partition coefficient (Wildman–Crippen LogP) is -0.779. The molecular weight excluding hydrogens is 144 g/mol. The van der Waals surface area contributed by atoms with E-state index in [1.165, 1.54) is 6.92 Å². The van der Waals surface area contributed by atoms with Gasteiger partial charge in [-0.2, -0.15) is 0 Å². The summed E-state index contributed by atoms with van der Waals surface area (Å²) < 4.78 is 0. The average Bonchev–Trinajstić information content (AvgIpc) is 1.87. The van der Waals surface area contributed by atoms with Gasteiger partial charge in [0.2, 0.25) is 0 Å². The number of nitrogens with two attached hydrogens (primary N) is 1. The molecule has 0 spiro atoms. The summed E-state index contributed by atoms with van der Waals surface area (Å²) in [6.45, 7) is 1.52. The molecule has 4 nitrogen and oxygen atoms in total. The SMILES string of the molecule is CN[C@H](CCC(N)O)C(C)=O. The van der Waals surface area contributed by atoms with Crippen molar-refractivity contribution >= 4 is 5.78 Å². The molecule has 4 heteroatoms. The van der Waals surface area contributed by atoms with Crippen LogP contribution in [0.2, 0.25) is 0 Å². The molecule has 11 heavy (non-hydrogen) atoms. The fraction of sp³-hybridized carbons (Fsp3) is 0.857. The van der Waals surface area contributed by atoms with Crippen molar-refractivity contribution in [1.29, 1.82) is 0 Å². The van der Waals surface area contributed by atoms with Gasteiger partial charge in [0.25, 0.3) is 0 Å². The van der Waals surface area contributed by atoms with Crippen LogP contribution < -0.4 is 11.1 Å². The molecule has 0 aliphatic rings. The maximum absolute atomic E-state index is 10.8. The van der Waals surface area contributed by atoms with Crippen LogP contribution in [0.4, 0.5) is 0 Å². The highest BCUT2D eigenvalue weighted by atomic mass is 16.3. The maximum Gasteiger partial charge on any atom is 0.146 e. The van der Waals surface area contributed by atoms with Gasteiger partial charge >= 0.3 is 0 Å². The van der Waals surface area contributed by atoms with Gasteiger partial charge in [0.15, 0.2) is 0 Å². The first-order valence-electron chi connectivity index (χ1n) is 3.69. The van der Waals surface area contributed by atoms with Gasteiger partial charge in [-0.25, -0.2) is 0 Å². The molecule has 0 aromatic heterocycles. The molecule has 66 valence electrons. The molecular formula is C7H16N2O2. The summed E-state index contributed by atoms with van der Waals surface area (Å²) in [7, 11) is 1.72. The van der Waals surface area contributed by atoms with Crippen molar-refractivity contribution < 1.29 is 9.90 Å². The van der Waals surface area contributed by atoms with Crippen LogP contribution in [0.5, 0.6) is 0 Å². The standard InChI is InChI=1S/C7H16N2O2/c1-5(10)6(9-2)3-4-7(8)11/h6-7,9,11H,3-4,8H2,1-2H3/t6-,7?/m1/s1. The first-order chi connectivity index (χ1) is 5.07. The number of nitrogens with one attached hydrogen (secondary N) is 1. The molecule has 0 aliphatic carbocycles. The summed E-state index contributed by atoms with van der Waals surface area (Å²) in [6.07, 6.45) is 0.222. The Balaban J connectivity index is 3.61. The second-order valence-electron chi connectivity index (χ2n) is 2.60. The zero-order chi connectivity index (χ0) is 8.85. The largest absolute Gasteiger partial charge is 0.379 e. The Bertz CT molecular complexity index is 126. The minimum absolute atomic E-state index is 0.0770. The fourth-order valence-corrected chi connectivity index (χ4v) is 0.888. The Labute approximate surface area is 66.8 Å². The summed E-state index contributed by atoms with van der Waals surface area (Å²) in [5.74, 6) is 0.0770. The van der Waals surface area contributed by atoms with Crippen LogP contribution in [0.1, 0.15) is 19.8 Å². The number of aliphatic hydroxyl groups is 1. The van der Waals surface area contributed by atoms with Crippen LogP contribution in [0.15, 0.2) is 0 Å². The van der Waals surface area contributed by atoms with Crippen molar-refractivity contribution in [3.63, 3.8) is 0 Å². The van der Waals surface area contributed by atoms with Crippen molar-refractivity contribution in [2.45, 2.75) is 32.0 Å². The topological polar surface area (TPSA) is 75.3 Å². The van der Waals surface area contributed by atoms with E-state index >= 15 is 0 Å². The Morgan fingerprint density at radius 1 is 1.64 bits per heavy atom. The molecule has 0 aromatic carbocycles. The van der Waals surface area contributed by atoms with Crippen LogP contribution in [-0.4, -0.2) is 30.2 Å². The summed E-state index contributed by atoms with van der Waals surface area (Å²) in [6, 6.07) is -0.173. The van der Waals surface area contributed by atoms with Gasteiger partial charge in [-0.3, -0.25) is 4.79 Å². The Kier molecular flexibility index (Phi) is 5.02. The minimum atomic E-state index is -0.815. The zero-order valence-electron chi connectivity index (χ0n) is 7.00. The second kappa shape index (κ2) is 5.23. The van der Waals surface area contributed by atoms with Crippen molar-refractivity contribution in [2.75, 3.05) is 7.05 Å². The summed E-state index contributed by atoms with van der Waals surface area (Å²) in [4.78, 5) is 10.8. The van der Waals surface area contributed by atoms with Gasteiger partial charge in [0, 0.05) is 0 Å². The normalized spacial score (nSPS) is 16.0. The van der Waals surface area contributed by atoms with Crippen LogP contribution in [0.25, 0.3) is 0 Å². The van der Waals surface area contributed by atoms with Gasteiger partial charge < -0.3 is 16.2 Å². The number of Topliss-reactive ketones (excluding diaryl/α,β-unsaturated/α-hetero) is 1. The van der Waals surface area contributed by atoms with Crippen LogP contribution in [0, 0.1) is 0 Å². The fourth-order valence-electron chi connectivity index (χ4n) is 0.888. The monoisotopic (exact) mass is 160 g/mol. The molecule has 0 heterocycles. The van der Waals surface area contributed by atoms with Gasteiger partial charge in [-0.05, 0) is 26.8 Å². The minimum Gasteiger partial charge on any atom is -0.379 e. The maximum atomic E-state index is 10.8. The van der Waals surface area contributed by atoms with Crippen molar-refractivity contribution in [3.05, 3.63) is 0 Å². The second-order valence-corrected chi connectivity index (χ2v) is 2.60. The van der Waals surface area contributed by atoms with E-state index in [2.05, 4.69) is 5.32 Å². The number of ketones is 1. The van der Waals surface area contributed by atoms with Gasteiger partial charge in [0.05, 0.1) is 6.04 Å². The highest BCUT2D eigenvalue weighted by Gasteiger charge is 2.11. The van der Waals surface area contributed by atoms with Gasteiger partial charge in [-0.1, -0.05) is 0 Å². The summed E-state index contributed by atoms with van der Waals surface area (Å²) >= 11 is 0. The third-order valence-corrected chi connectivity index (χ3v) is 1.59. The van der Waals surface area contributed by atoms with E-state index in [1.54, 1.807) is 7.05 Å². The van der Waals surface area contributed by atoms with E-state index < -0.39 is 6.23 Å². The van der Waals surface area contributed by atoms with E-state index in [-0.39, 0.29) is 11.8 Å². The molecule has 4 N–H and O–H groups in total. The van der Waals surface area contributed by atoms with Crippen molar-refractivity contribution in [3.8, 4) is 0 Å². The molecule has 0 aliphatic heterocycles. The quantitative estimate of drug-likeness (QED) is 0.461. The van der Waals surface area contributed by atoms with Crippen LogP contribution >= 0.6 is 0 Å². The lowest BCUT2D eigenvalue weighted by Crippen LogP contribution is -2.34. The smallest absolute Gasteiger partial charge is 0.146 e. The first-order valence-corrected chi connectivity index (χ1v) is 3.69. The lowest BCUT2D eigenvalue weighted by Gasteiger charge is -2.12. The van der Waals surface area contributed by atoms with E-state index in [4.69, 9.17) is 10.8 Å². The molecule has 0 bridgehead atoms. The third kappa shape index (κ3) is 4.89. The predicted molar refractivity (Wildman–Crippen MR) is 43.0 cm³/mol. The molecule has 2 atom stereocenters. The lowest BCUT2D eigenvalue weighted by atomic mass is 10.1. The molecule has 0 radical (unpaired) electrons. The number of rotatable bonds is 5. The van der Waals surface area contributed by atoms with E-state index in [0.717, 1.165) is 0 Å².